The molecule has 0 spiro atoms. The summed E-state index contributed by atoms with van der Waals surface area (Å²) in [5.41, 5.74) is 4.84. The van der Waals surface area contributed by atoms with Crippen molar-refractivity contribution in [3.63, 3.8) is 0 Å². The van der Waals surface area contributed by atoms with Gasteiger partial charge in [0.05, 0.1) is 5.70 Å². The summed E-state index contributed by atoms with van der Waals surface area (Å²) in [4.78, 5) is 29.0. The number of amides is 1. The van der Waals surface area contributed by atoms with Crippen LogP contribution in [0.5, 0.6) is 0 Å². The molecule has 6 heteroatoms. The zero-order chi connectivity index (χ0) is 27.2. The number of allylic oxidation sites excluding steroid dienone is 12. The number of carbonyl (C=O) groups excluding carboxylic acids is 2. The Morgan fingerprint density at radius 3 is 2.74 bits per heavy atom. The molecule has 1 amide bonds. The summed E-state index contributed by atoms with van der Waals surface area (Å²) < 4.78 is 14.9. The topological polar surface area (TPSA) is 40.6 Å². The first-order valence-corrected chi connectivity index (χ1v) is 14.3. The van der Waals surface area contributed by atoms with Gasteiger partial charge in [0.1, 0.15) is 5.82 Å². The first-order chi connectivity index (χ1) is 19.0. The van der Waals surface area contributed by atoms with E-state index in [1.165, 1.54) is 6.07 Å². The Labute approximate surface area is 235 Å². The van der Waals surface area contributed by atoms with Gasteiger partial charge in [-0.25, -0.2) is 4.39 Å². The molecule has 0 unspecified atom stereocenters. The van der Waals surface area contributed by atoms with Gasteiger partial charge in [-0.15, -0.1) is 0 Å². The molecular formula is C33H34ClFN2O2. The van der Waals surface area contributed by atoms with Crippen LogP contribution in [0.2, 0.25) is 5.02 Å². The highest BCUT2D eigenvalue weighted by atomic mass is 35.5. The predicted octanol–water partition coefficient (Wildman–Crippen LogP) is 7.82. The van der Waals surface area contributed by atoms with Crippen LogP contribution in [0.1, 0.15) is 63.4 Å². The number of likely N-dealkylation sites (tertiary alicyclic amines) is 1. The zero-order valence-corrected chi connectivity index (χ0v) is 22.9. The molecule has 4 aliphatic rings. The van der Waals surface area contributed by atoms with Gasteiger partial charge in [-0.05, 0) is 73.1 Å². The number of benzene rings is 1. The van der Waals surface area contributed by atoms with Crippen LogP contribution >= 0.6 is 11.6 Å². The molecule has 0 atom stereocenters. The number of unbranched alkanes of at least 4 members (excludes halogenated alkanes) is 3. The molecule has 3 heterocycles. The van der Waals surface area contributed by atoms with E-state index in [4.69, 9.17) is 11.6 Å². The minimum Gasteiger partial charge on any atom is -0.343 e. The Hall–Kier alpha value is -3.44. The van der Waals surface area contributed by atoms with E-state index in [1.54, 1.807) is 12.1 Å². The van der Waals surface area contributed by atoms with Gasteiger partial charge in [0.25, 0.3) is 0 Å². The summed E-state index contributed by atoms with van der Waals surface area (Å²) in [6.45, 7) is 1.72. The van der Waals surface area contributed by atoms with E-state index in [0.29, 0.717) is 35.5 Å². The van der Waals surface area contributed by atoms with Crippen LogP contribution in [0.15, 0.2) is 95.5 Å². The molecule has 1 fully saturated rings. The van der Waals surface area contributed by atoms with Gasteiger partial charge in [-0.1, -0.05) is 67.0 Å². The molecule has 4 nitrogen and oxygen atoms in total. The zero-order valence-electron chi connectivity index (χ0n) is 22.2. The van der Waals surface area contributed by atoms with Crippen molar-refractivity contribution in [1.29, 1.82) is 0 Å². The second kappa shape index (κ2) is 12.6. The van der Waals surface area contributed by atoms with Crippen molar-refractivity contribution < 1.29 is 14.0 Å². The number of fused-ring (bicyclic) bond motifs is 1. The van der Waals surface area contributed by atoms with E-state index in [9.17, 15) is 14.0 Å². The lowest BCUT2D eigenvalue weighted by Gasteiger charge is -2.31. The van der Waals surface area contributed by atoms with E-state index in [0.717, 1.165) is 74.0 Å². The average molecular weight is 545 g/mol. The van der Waals surface area contributed by atoms with Gasteiger partial charge >= 0.3 is 0 Å². The van der Waals surface area contributed by atoms with Crippen molar-refractivity contribution in [2.45, 2.75) is 57.8 Å². The smallest absolute Gasteiger partial charge is 0.222 e. The summed E-state index contributed by atoms with van der Waals surface area (Å²) in [5.74, 6) is 0.101. The third-order valence-corrected chi connectivity index (χ3v) is 7.87. The largest absolute Gasteiger partial charge is 0.343 e. The van der Waals surface area contributed by atoms with E-state index in [2.05, 4.69) is 6.08 Å². The van der Waals surface area contributed by atoms with Crippen molar-refractivity contribution >= 4 is 28.9 Å². The molecule has 0 aromatic heterocycles. The molecule has 0 N–H and O–H groups in total. The second-order valence-corrected chi connectivity index (χ2v) is 10.8. The first-order valence-electron chi connectivity index (χ1n) is 13.9. The molecule has 1 aliphatic carbocycles. The quantitative estimate of drug-likeness (QED) is 0.282. The van der Waals surface area contributed by atoms with Crippen molar-refractivity contribution in [3.05, 3.63) is 112 Å². The van der Waals surface area contributed by atoms with E-state index < -0.39 is 0 Å². The maximum atomic E-state index is 14.9. The standard InChI is InChI=1S/C33H34ClFN2O2/c34-25-17-19-30(35)29(22-25)28-12-5-3-4-11-27(28)24-16-18-26-10-8-13-31(37(26)23-24)32(38)14-6-1-2-7-20-36-21-9-15-33(36)39/h3-5,10-11,13,16-19,22-23H,1-2,6-9,12,14-15,20-21H2. The summed E-state index contributed by atoms with van der Waals surface area (Å²) in [5, 5.41) is 0.491. The highest BCUT2D eigenvalue weighted by Gasteiger charge is 2.25. The number of halogens is 2. The number of ketones is 1. The first kappa shape index (κ1) is 27.1. The number of hydrogen-bond acceptors (Lipinski definition) is 3. The van der Waals surface area contributed by atoms with E-state index in [1.807, 2.05) is 58.5 Å². The third kappa shape index (κ3) is 6.42. The molecule has 1 aromatic rings. The summed E-state index contributed by atoms with van der Waals surface area (Å²) >= 11 is 6.23. The molecular weight excluding hydrogens is 511 g/mol. The van der Waals surface area contributed by atoms with Gasteiger partial charge in [0, 0.05) is 48.4 Å². The molecule has 3 aliphatic heterocycles. The Balaban J connectivity index is 1.28. The Morgan fingerprint density at radius 2 is 1.90 bits per heavy atom. The van der Waals surface area contributed by atoms with Gasteiger partial charge in [0.2, 0.25) is 5.91 Å². The van der Waals surface area contributed by atoms with Gasteiger partial charge in [-0.2, -0.15) is 0 Å². The average Bonchev–Trinajstić information content (AvgIpc) is 3.20. The van der Waals surface area contributed by atoms with Crippen LogP contribution in [0.25, 0.3) is 5.57 Å². The molecule has 5 rings (SSSR count). The SMILES string of the molecule is O=C(CCCCCCN1CCCC1=O)C1=CCC=C2C=CC(C3=C(c4cc(Cl)ccc4F)CC=CC=C3)=CN21. The molecule has 1 aromatic carbocycles. The van der Waals surface area contributed by atoms with Crippen molar-refractivity contribution in [1.82, 2.24) is 9.80 Å². The lowest BCUT2D eigenvalue weighted by atomic mass is 9.91. The van der Waals surface area contributed by atoms with E-state index in [-0.39, 0.29) is 17.5 Å². The van der Waals surface area contributed by atoms with Crippen LogP contribution in [0.3, 0.4) is 0 Å². The minimum absolute atomic E-state index is 0.134. The fourth-order valence-corrected chi connectivity index (χ4v) is 5.75. The predicted molar refractivity (Wildman–Crippen MR) is 155 cm³/mol. The van der Waals surface area contributed by atoms with Crippen LogP contribution in [-0.4, -0.2) is 34.6 Å². The van der Waals surface area contributed by atoms with Crippen molar-refractivity contribution in [2.75, 3.05) is 13.1 Å². The number of hydrogen-bond donors (Lipinski definition) is 0. The maximum absolute atomic E-state index is 14.9. The van der Waals surface area contributed by atoms with Crippen LogP contribution in [0.4, 0.5) is 4.39 Å². The highest BCUT2D eigenvalue weighted by molar-refractivity contribution is 6.30. The van der Waals surface area contributed by atoms with Crippen molar-refractivity contribution in [3.8, 4) is 0 Å². The molecule has 0 saturated carbocycles. The summed E-state index contributed by atoms with van der Waals surface area (Å²) in [7, 11) is 0. The van der Waals surface area contributed by atoms with Gasteiger partial charge < -0.3 is 9.80 Å². The molecule has 39 heavy (non-hydrogen) atoms. The van der Waals surface area contributed by atoms with E-state index >= 15 is 0 Å². The van der Waals surface area contributed by atoms with Gasteiger partial charge in [0.15, 0.2) is 5.78 Å². The lowest BCUT2D eigenvalue weighted by molar-refractivity contribution is -0.127. The summed E-state index contributed by atoms with van der Waals surface area (Å²) in [6, 6.07) is 4.64. The number of nitrogens with zero attached hydrogens (tertiary/aromatic N) is 2. The number of Topliss-reactive ketones (excluding diaryl/α,β-unsaturated/α-hetero) is 1. The Morgan fingerprint density at radius 1 is 1.03 bits per heavy atom. The number of carbonyl (C=O) groups is 2. The molecule has 202 valence electrons. The molecule has 0 bridgehead atoms. The Kier molecular flexibility index (Phi) is 8.77. The highest BCUT2D eigenvalue weighted by Crippen LogP contribution is 2.37. The fraction of sp³-hybridized carbons (Fsp3) is 0.333. The normalized spacial score (nSPS) is 18.7. The summed E-state index contributed by atoms with van der Waals surface area (Å²) in [6.07, 6.45) is 25.4. The van der Waals surface area contributed by atoms with Crippen molar-refractivity contribution in [2.24, 2.45) is 0 Å². The maximum Gasteiger partial charge on any atom is 0.222 e. The monoisotopic (exact) mass is 544 g/mol. The minimum atomic E-state index is -0.308. The third-order valence-electron chi connectivity index (χ3n) is 7.64. The fourth-order valence-electron chi connectivity index (χ4n) is 5.58. The van der Waals surface area contributed by atoms with Gasteiger partial charge in [-0.3, -0.25) is 9.59 Å². The molecule has 0 radical (unpaired) electrons. The Bertz CT molecular complexity index is 1360. The van der Waals surface area contributed by atoms with Crippen LogP contribution in [-0.2, 0) is 9.59 Å². The second-order valence-electron chi connectivity index (χ2n) is 10.3. The number of rotatable bonds is 10. The van der Waals surface area contributed by atoms with Crippen LogP contribution in [0, 0.1) is 5.82 Å². The lowest BCUT2D eigenvalue weighted by Crippen LogP contribution is -2.26. The molecule has 1 saturated heterocycles. The van der Waals surface area contributed by atoms with Crippen LogP contribution < -0.4 is 0 Å².